The Bertz CT molecular complexity index is 514. The Hall–Kier alpha value is -1.58. The van der Waals surface area contributed by atoms with Crippen LogP contribution in [-0.2, 0) is 0 Å². The van der Waals surface area contributed by atoms with Crippen LogP contribution in [0.5, 0.6) is 0 Å². The predicted octanol–water partition coefficient (Wildman–Crippen LogP) is 4.53. The molecule has 0 bridgehead atoms. The normalized spacial score (nSPS) is 12.6. The van der Waals surface area contributed by atoms with Gasteiger partial charge in [0.2, 0.25) is 0 Å². The summed E-state index contributed by atoms with van der Waals surface area (Å²) in [4.78, 5) is 15.8. The summed E-state index contributed by atoms with van der Waals surface area (Å²) in [5.74, 6) is -0.0978. The monoisotopic (exact) mass is 292 g/mol. The van der Waals surface area contributed by atoms with Crippen molar-refractivity contribution < 1.29 is 9.90 Å². The highest BCUT2D eigenvalue weighted by molar-refractivity contribution is 5.88. The highest BCUT2D eigenvalue weighted by atomic mass is 16.4. The van der Waals surface area contributed by atoms with E-state index >= 15 is 0 Å². The Labute approximate surface area is 128 Å². The summed E-state index contributed by atoms with van der Waals surface area (Å²) in [7, 11) is 0. The van der Waals surface area contributed by atoms with Gasteiger partial charge in [0.25, 0.3) is 0 Å². The first-order valence-electron chi connectivity index (χ1n) is 7.43. The van der Waals surface area contributed by atoms with Crippen LogP contribution < -0.4 is 5.32 Å². The molecule has 118 valence electrons. The number of pyridine rings is 1. The minimum atomic E-state index is -0.920. The SMILES string of the molecule is CC(C)c1cc(C(=O)O)cc(NC(C)(C)CC(C)(C)C)n1. The van der Waals surface area contributed by atoms with Crippen LogP contribution in [0.1, 0.15) is 76.9 Å². The second-order valence-corrected chi connectivity index (χ2v) is 7.87. The van der Waals surface area contributed by atoms with Crippen molar-refractivity contribution in [1.29, 1.82) is 0 Å². The number of carbonyl (C=O) groups is 1. The zero-order chi connectivity index (χ0) is 16.4. The molecule has 1 aromatic heterocycles. The van der Waals surface area contributed by atoms with E-state index in [4.69, 9.17) is 0 Å². The lowest BCUT2D eigenvalue weighted by atomic mass is 9.82. The molecule has 0 amide bonds. The van der Waals surface area contributed by atoms with Crippen LogP contribution in [0.3, 0.4) is 0 Å². The van der Waals surface area contributed by atoms with Crippen molar-refractivity contribution in [3.63, 3.8) is 0 Å². The van der Waals surface area contributed by atoms with Gasteiger partial charge in [0.1, 0.15) is 5.82 Å². The molecule has 2 N–H and O–H groups in total. The van der Waals surface area contributed by atoms with E-state index in [9.17, 15) is 9.90 Å². The van der Waals surface area contributed by atoms with E-state index < -0.39 is 5.97 Å². The molecule has 4 heteroatoms. The third kappa shape index (κ3) is 5.74. The molecule has 0 aliphatic heterocycles. The van der Waals surface area contributed by atoms with Crippen molar-refractivity contribution >= 4 is 11.8 Å². The molecule has 0 fully saturated rings. The minimum Gasteiger partial charge on any atom is -0.478 e. The van der Waals surface area contributed by atoms with Crippen LogP contribution >= 0.6 is 0 Å². The van der Waals surface area contributed by atoms with Crippen molar-refractivity contribution in [2.45, 2.75) is 66.3 Å². The second-order valence-electron chi connectivity index (χ2n) is 7.87. The van der Waals surface area contributed by atoms with Crippen LogP contribution in [0, 0.1) is 5.41 Å². The molecule has 1 rings (SSSR count). The number of aromatic nitrogens is 1. The highest BCUT2D eigenvalue weighted by Crippen LogP contribution is 2.30. The molecule has 4 nitrogen and oxygen atoms in total. The lowest BCUT2D eigenvalue weighted by Gasteiger charge is -2.34. The number of carboxylic acids is 1. The maximum atomic E-state index is 11.3. The molecule has 0 atom stereocenters. The van der Waals surface area contributed by atoms with Crippen LogP contribution in [0.15, 0.2) is 12.1 Å². The van der Waals surface area contributed by atoms with E-state index in [-0.39, 0.29) is 22.4 Å². The average Bonchev–Trinajstić information content (AvgIpc) is 2.23. The van der Waals surface area contributed by atoms with Crippen molar-refractivity contribution in [2.75, 3.05) is 5.32 Å². The third-order valence-corrected chi connectivity index (χ3v) is 3.12. The Kier molecular flexibility index (Phi) is 5.03. The van der Waals surface area contributed by atoms with Crippen molar-refractivity contribution in [3.05, 3.63) is 23.4 Å². The first-order chi connectivity index (χ1) is 9.39. The van der Waals surface area contributed by atoms with Crippen LogP contribution in [0.25, 0.3) is 0 Å². The largest absolute Gasteiger partial charge is 0.478 e. The maximum Gasteiger partial charge on any atom is 0.335 e. The zero-order valence-electron chi connectivity index (χ0n) is 14.2. The molecule has 1 heterocycles. The van der Waals surface area contributed by atoms with Gasteiger partial charge in [0, 0.05) is 11.2 Å². The Morgan fingerprint density at radius 1 is 1.24 bits per heavy atom. The fourth-order valence-corrected chi connectivity index (χ4v) is 2.75. The minimum absolute atomic E-state index is 0.156. The van der Waals surface area contributed by atoms with Gasteiger partial charge in [-0.05, 0) is 43.7 Å². The standard InChI is InChI=1S/C17H28N2O2/c1-11(2)13-8-12(15(20)21)9-14(18-13)19-17(6,7)10-16(3,4)5/h8-9,11H,10H2,1-7H3,(H,18,19)(H,20,21). The van der Waals surface area contributed by atoms with E-state index in [1.54, 1.807) is 12.1 Å². The fourth-order valence-electron chi connectivity index (χ4n) is 2.75. The van der Waals surface area contributed by atoms with E-state index in [0.29, 0.717) is 5.82 Å². The summed E-state index contributed by atoms with van der Waals surface area (Å²) in [6.07, 6.45) is 0.954. The molecular formula is C17H28N2O2. The fraction of sp³-hybridized carbons (Fsp3) is 0.647. The van der Waals surface area contributed by atoms with Crippen molar-refractivity contribution in [3.8, 4) is 0 Å². The Balaban J connectivity index is 3.10. The first-order valence-corrected chi connectivity index (χ1v) is 7.43. The van der Waals surface area contributed by atoms with Gasteiger partial charge in [0.15, 0.2) is 0 Å². The molecule has 0 radical (unpaired) electrons. The van der Waals surface area contributed by atoms with Gasteiger partial charge in [-0.2, -0.15) is 0 Å². The van der Waals surface area contributed by atoms with Gasteiger partial charge in [-0.1, -0.05) is 34.6 Å². The first kappa shape index (κ1) is 17.5. The van der Waals surface area contributed by atoms with Gasteiger partial charge in [-0.25, -0.2) is 9.78 Å². The van der Waals surface area contributed by atoms with E-state index in [0.717, 1.165) is 12.1 Å². The molecule has 0 aliphatic rings. The molecule has 0 saturated heterocycles. The number of aromatic carboxylic acids is 1. The zero-order valence-corrected chi connectivity index (χ0v) is 14.2. The number of anilines is 1. The summed E-state index contributed by atoms with van der Waals surface area (Å²) in [5.41, 5.74) is 1.10. The van der Waals surface area contributed by atoms with Crippen LogP contribution in [0.2, 0.25) is 0 Å². The van der Waals surface area contributed by atoms with Gasteiger partial charge in [0.05, 0.1) is 5.56 Å². The number of carboxylic acid groups (broad SMARTS) is 1. The lowest BCUT2D eigenvalue weighted by Crippen LogP contribution is -2.35. The second kappa shape index (κ2) is 6.04. The lowest BCUT2D eigenvalue weighted by molar-refractivity contribution is 0.0696. The summed E-state index contributed by atoms with van der Waals surface area (Å²) in [6, 6.07) is 3.26. The van der Waals surface area contributed by atoms with E-state index in [1.165, 1.54) is 0 Å². The third-order valence-electron chi connectivity index (χ3n) is 3.12. The molecular weight excluding hydrogens is 264 g/mol. The van der Waals surface area contributed by atoms with Crippen molar-refractivity contribution in [2.24, 2.45) is 5.41 Å². The molecule has 0 saturated carbocycles. The average molecular weight is 292 g/mol. The van der Waals surface area contributed by atoms with Gasteiger partial charge in [-0.15, -0.1) is 0 Å². The van der Waals surface area contributed by atoms with Gasteiger partial charge >= 0.3 is 5.97 Å². The molecule has 0 unspecified atom stereocenters. The molecule has 0 aromatic carbocycles. The van der Waals surface area contributed by atoms with Gasteiger partial charge < -0.3 is 10.4 Å². The predicted molar refractivity (Wildman–Crippen MR) is 87.1 cm³/mol. The van der Waals surface area contributed by atoms with E-state index in [2.05, 4.69) is 44.9 Å². The van der Waals surface area contributed by atoms with Crippen molar-refractivity contribution in [1.82, 2.24) is 4.98 Å². The summed E-state index contributed by atoms with van der Waals surface area (Å²) in [5, 5.41) is 12.6. The number of hydrogen-bond donors (Lipinski definition) is 2. The topological polar surface area (TPSA) is 62.2 Å². The highest BCUT2D eigenvalue weighted by Gasteiger charge is 2.26. The van der Waals surface area contributed by atoms with Crippen LogP contribution in [-0.4, -0.2) is 21.6 Å². The number of nitrogens with zero attached hydrogens (tertiary/aromatic N) is 1. The molecule has 0 aliphatic carbocycles. The molecule has 0 spiro atoms. The smallest absolute Gasteiger partial charge is 0.335 e. The number of hydrogen-bond acceptors (Lipinski definition) is 3. The number of rotatable bonds is 5. The van der Waals surface area contributed by atoms with Crippen LogP contribution in [0.4, 0.5) is 5.82 Å². The summed E-state index contributed by atoms with van der Waals surface area (Å²) >= 11 is 0. The van der Waals surface area contributed by atoms with E-state index in [1.807, 2.05) is 13.8 Å². The Morgan fingerprint density at radius 2 is 1.81 bits per heavy atom. The quantitative estimate of drug-likeness (QED) is 0.837. The Morgan fingerprint density at radius 3 is 2.24 bits per heavy atom. The molecule has 21 heavy (non-hydrogen) atoms. The summed E-state index contributed by atoms with van der Waals surface area (Å²) in [6.45, 7) is 14.8. The number of nitrogens with one attached hydrogen (secondary N) is 1. The maximum absolute atomic E-state index is 11.3. The molecule has 1 aromatic rings. The van der Waals surface area contributed by atoms with Gasteiger partial charge in [-0.3, -0.25) is 0 Å². The summed E-state index contributed by atoms with van der Waals surface area (Å²) < 4.78 is 0.